The van der Waals surface area contributed by atoms with Gasteiger partial charge in [-0.25, -0.2) is 12.7 Å². The van der Waals surface area contributed by atoms with Crippen LogP contribution in [0.3, 0.4) is 0 Å². The van der Waals surface area contributed by atoms with Gasteiger partial charge in [0.05, 0.1) is 4.90 Å². The van der Waals surface area contributed by atoms with Gasteiger partial charge in [-0.1, -0.05) is 39.3 Å². The molecule has 0 amide bonds. The predicted octanol–water partition coefficient (Wildman–Crippen LogP) is 2.46. The summed E-state index contributed by atoms with van der Waals surface area (Å²) in [6.45, 7) is 8.39. The van der Waals surface area contributed by atoms with Crippen molar-refractivity contribution in [1.82, 2.24) is 9.62 Å². The molecule has 0 aliphatic rings. The Morgan fingerprint density at radius 2 is 1.80 bits per heavy atom. The van der Waals surface area contributed by atoms with Crippen LogP contribution in [0.5, 0.6) is 0 Å². The number of rotatable bonds is 8. The summed E-state index contributed by atoms with van der Waals surface area (Å²) in [6, 6.07) is 7.11. The highest BCUT2D eigenvalue weighted by atomic mass is 32.2. The summed E-state index contributed by atoms with van der Waals surface area (Å²) in [6.07, 6.45) is 0.974. The van der Waals surface area contributed by atoms with Crippen molar-refractivity contribution in [1.29, 1.82) is 0 Å². The number of hydrogen-bond acceptors (Lipinski definition) is 3. The van der Waals surface area contributed by atoms with Gasteiger partial charge in [0.25, 0.3) is 0 Å². The lowest BCUT2D eigenvalue weighted by Gasteiger charge is -2.20. The van der Waals surface area contributed by atoms with Gasteiger partial charge in [0, 0.05) is 20.1 Å². The highest BCUT2D eigenvalue weighted by Gasteiger charge is 2.21. The fourth-order valence-corrected chi connectivity index (χ4v) is 3.19. The monoisotopic (exact) mass is 298 g/mol. The minimum atomic E-state index is -3.37. The summed E-state index contributed by atoms with van der Waals surface area (Å²) in [5, 5.41) is 3.22. The average molecular weight is 298 g/mol. The normalized spacial score (nSPS) is 13.7. The van der Waals surface area contributed by atoms with Crippen LogP contribution in [-0.4, -0.2) is 32.9 Å². The van der Waals surface area contributed by atoms with Crippen LogP contribution in [0.2, 0.25) is 0 Å². The fraction of sp³-hybridized carbons (Fsp3) is 0.600. The van der Waals surface area contributed by atoms with E-state index in [1.54, 1.807) is 19.2 Å². The first kappa shape index (κ1) is 17.1. The van der Waals surface area contributed by atoms with Gasteiger partial charge in [0.1, 0.15) is 0 Å². The zero-order chi connectivity index (χ0) is 15.2. The van der Waals surface area contributed by atoms with Gasteiger partial charge in [-0.15, -0.1) is 0 Å². The molecule has 1 unspecified atom stereocenters. The Hall–Kier alpha value is -0.910. The first-order chi connectivity index (χ1) is 9.41. The Morgan fingerprint density at radius 1 is 1.20 bits per heavy atom. The van der Waals surface area contributed by atoms with Crippen molar-refractivity contribution in [2.24, 2.45) is 5.92 Å². The quantitative estimate of drug-likeness (QED) is 0.802. The second-order valence-corrected chi connectivity index (χ2v) is 7.27. The smallest absolute Gasteiger partial charge is 0.242 e. The Morgan fingerprint density at radius 3 is 2.30 bits per heavy atom. The maximum absolute atomic E-state index is 12.4. The number of sulfonamides is 1. The Bertz CT molecular complexity index is 497. The van der Waals surface area contributed by atoms with Crippen molar-refractivity contribution in [2.45, 2.75) is 38.6 Å². The van der Waals surface area contributed by atoms with Crippen LogP contribution in [0.15, 0.2) is 29.2 Å². The molecule has 1 aromatic carbocycles. The van der Waals surface area contributed by atoms with Gasteiger partial charge in [-0.3, -0.25) is 0 Å². The topological polar surface area (TPSA) is 49.4 Å². The number of hydrogen-bond donors (Lipinski definition) is 1. The highest BCUT2D eigenvalue weighted by molar-refractivity contribution is 7.89. The molecule has 1 rings (SSSR count). The van der Waals surface area contributed by atoms with Crippen LogP contribution in [0.25, 0.3) is 0 Å². The molecule has 0 bridgehead atoms. The lowest BCUT2D eigenvalue weighted by Crippen LogP contribution is -2.31. The van der Waals surface area contributed by atoms with Gasteiger partial charge in [0.15, 0.2) is 0 Å². The number of nitrogens with one attached hydrogen (secondary N) is 1. The first-order valence-corrected chi connectivity index (χ1v) is 8.61. The van der Waals surface area contributed by atoms with E-state index in [0.29, 0.717) is 17.4 Å². The molecule has 0 saturated carbocycles. The van der Waals surface area contributed by atoms with E-state index in [-0.39, 0.29) is 0 Å². The molecule has 0 radical (unpaired) electrons. The lowest BCUT2D eigenvalue weighted by atomic mass is 10.1. The van der Waals surface area contributed by atoms with Crippen molar-refractivity contribution >= 4 is 10.0 Å². The molecule has 0 aromatic heterocycles. The third kappa shape index (κ3) is 4.58. The van der Waals surface area contributed by atoms with Gasteiger partial charge in [-0.05, 0) is 30.2 Å². The summed E-state index contributed by atoms with van der Waals surface area (Å²) in [5.41, 5.74) is 1.09. The van der Waals surface area contributed by atoms with E-state index in [1.807, 2.05) is 19.1 Å². The molecular formula is C15H26N2O2S. The molecule has 0 heterocycles. The van der Waals surface area contributed by atoms with E-state index in [0.717, 1.165) is 25.1 Å². The molecule has 1 N–H and O–H groups in total. The van der Waals surface area contributed by atoms with Crippen LogP contribution >= 0.6 is 0 Å². The minimum absolute atomic E-state index is 0.364. The number of nitrogens with zero attached hydrogens (tertiary/aromatic N) is 1. The first-order valence-electron chi connectivity index (χ1n) is 7.17. The van der Waals surface area contributed by atoms with E-state index < -0.39 is 10.0 Å². The molecule has 4 nitrogen and oxygen atoms in total. The van der Waals surface area contributed by atoms with Gasteiger partial charge >= 0.3 is 0 Å². The third-order valence-corrected chi connectivity index (χ3v) is 5.31. The van der Waals surface area contributed by atoms with E-state index in [2.05, 4.69) is 19.2 Å². The SMILES string of the molecule is CCNCc1ccc(S(=O)(=O)N(C)CC(C)CC)cc1. The molecule has 0 fully saturated rings. The molecule has 20 heavy (non-hydrogen) atoms. The molecule has 0 aliphatic heterocycles. The van der Waals surface area contributed by atoms with E-state index in [9.17, 15) is 8.42 Å². The lowest BCUT2D eigenvalue weighted by molar-refractivity contribution is 0.393. The molecule has 0 saturated heterocycles. The maximum Gasteiger partial charge on any atom is 0.242 e. The zero-order valence-corrected chi connectivity index (χ0v) is 13.7. The summed E-state index contributed by atoms with van der Waals surface area (Å²) in [7, 11) is -1.72. The summed E-state index contributed by atoms with van der Waals surface area (Å²) < 4.78 is 26.3. The van der Waals surface area contributed by atoms with Crippen LogP contribution in [0, 0.1) is 5.92 Å². The van der Waals surface area contributed by atoms with E-state index in [4.69, 9.17) is 0 Å². The second-order valence-electron chi connectivity index (χ2n) is 5.22. The van der Waals surface area contributed by atoms with Crippen LogP contribution in [-0.2, 0) is 16.6 Å². The second kappa shape index (κ2) is 7.76. The molecule has 0 spiro atoms. The van der Waals surface area contributed by atoms with Crippen molar-refractivity contribution < 1.29 is 8.42 Å². The van der Waals surface area contributed by atoms with Crippen LogP contribution < -0.4 is 5.32 Å². The van der Waals surface area contributed by atoms with E-state index >= 15 is 0 Å². The van der Waals surface area contributed by atoms with Crippen molar-refractivity contribution in [3.05, 3.63) is 29.8 Å². The molecule has 0 aliphatic carbocycles. The van der Waals surface area contributed by atoms with Crippen molar-refractivity contribution in [3.63, 3.8) is 0 Å². The van der Waals surface area contributed by atoms with Crippen molar-refractivity contribution in [2.75, 3.05) is 20.1 Å². The summed E-state index contributed by atoms with van der Waals surface area (Å²) in [5.74, 6) is 0.364. The van der Waals surface area contributed by atoms with Gasteiger partial charge in [0.2, 0.25) is 10.0 Å². The Labute approximate surface area is 123 Å². The van der Waals surface area contributed by atoms with Gasteiger partial charge in [-0.2, -0.15) is 0 Å². The predicted molar refractivity (Wildman–Crippen MR) is 83.1 cm³/mol. The van der Waals surface area contributed by atoms with Crippen LogP contribution in [0.4, 0.5) is 0 Å². The van der Waals surface area contributed by atoms with Crippen molar-refractivity contribution in [3.8, 4) is 0 Å². The standard InChI is InChI=1S/C15H26N2O2S/c1-5-13(3)12-17(4)20(18,19)15-9-7-14(8-10-15)11-16-6-2/h7-10,13,16H,5-6,11-12H2,1-4H3. The van der Waals surface area contributed by atoms with Crippen LogP contribution in [0.1, 0.15) is 32.8 Å². The Balaban J connectivity index is 2.81. The molecule has 1 atom stereocenters. The number of benzene rings is 1. The molecule has 1 aromatic rings. The largest absolute Gasteiger partial charge is 0.313 e. The zero-order valence-electron chi connectivity index (χ0n) is 12.9. The maximum atomic E-state index is 12.4. The summed E-state index contributed by atoms with van der Waals surface area (Å²) >= 11 is 0. The molecular weight excluding hydrogens is 272 g/mol. The molecule has 114 valence electrons. The third-order valence-electron chi connectivity index (χ3n) is 3.48. The Kier molecular flexibility index (Phi) is 6.65. The van der Waals surface area contributed by atoms with Gasteiger partial charge < -0.3 is 5.32 Å². The fourth-order valence-electron chi connectivity index (χ4n) is 1.89. The summed E-state index contributed by atoms with van der Waals surface area (Å²) in [4.78, 5) is 0.364. The average Bonchev–Trinajstić information content (AvgIpc) is 2.45. The van der Waals surface area contributed by atoms with E-state index in [1.165, 1.54) is 4.31 Å². The minimum Gasteiger partial charge on any atom is -0.313 e. The molecule has 5 heteroatoms. The highest BCUT2D eigenvalue weighted by Crippen LogP contribution is 2.17.